The SMILES string of the molecule is N#Cc1ccc2nc3ccccc3c(Cl)c2c1. The van der Waals surface area contributed by atoms with Gasteiger partial charge in [0, 0.05) is 10.8 Å². The fourth-order valence-electron chi connectivity index (χ4n) is 1.91. The molecule has 80 valence electrons. The molecular formula is C14H7ClN2. The average Bonchev–Trinajstić information content (AvgIpc) is 2.39. The Morgan fingerprint density at radius 2 is 1.76 bits per heavy atom. The minimum atomic E-state index is 0.594. The van der Waals surface area contributed by atoms with E-state index in [9.17, 15) is 0 Å². The van der Waals surface area contributed by atoms with Gasteiger partial charge in [-0.15, -0.1) is 0 Å². The van der Waals surface area contributed by atoms with Gasteiger partial charge in [-0.1, -0.05) is 29.8 Å². The van der Waals surface area contributed by atoms with Gasteiger partial charge >= 0.3 is 0 Å². The molecule has 0 atom stereocenters. The molecule has 0 spiro atoms. The zero-order chi connectivity index (χ0) is 11.8. The van der Waals surface area contributed by atoms with Crippen LogP contribution in [0.4, 0.5) is 0 Å². The van der Waals surface area contributed by atoms with Crippen molar-refractivity contribution < 1.29 is 0 Å². The smallest absolute Gasteiger partial charge is 0.0991 e. The number of hydrogen-bond donors (Lipinski definition) is 0. The van der Waals surface area contributed by atoms with Gasteiger partial charge in [0.1, 0.15) is 0 Å². The topological polar surface area (TPSA) is 36.7 Å². The third-order valence-electron chi connectivity index (χ3n) is 2.74. The predicted octanol–water partition coefficient (Wildman–Crippen LogP) is 3.91. The van der Waals surface area contributed by atoms with E-state index in [1.807, 2.05) is 30.3 Å². The van der Waals surface area contributed by atoms with Crippen molar-refractivity contribution in [2.24, 2.45) is 0 Å². The van der Waals surface area contributed by atoms with E-state index in [0.717, 1.165) is 21.8 Å². The summed E-state index contributed by atoms with van der Waals surface area (Å²) in [7, 11) is 0. The van der Waals surface area contributed by atoms with E-state index in [1.54, 1.807) is 12.1 Å². The minimum absolute atomic E-state index is 0.594. The number of benzene rings is 2. The first-order valence-electron chi connectivity index (χ1n) is 5.18. The average molecular weight is 239 g/mol. The molecule has 0 aliphatic heterocycles. The van der Waals surface area contributed by atoms with Crippen LogP contribution in [0.1, 0.15) is 5.56 Å². The molecule has 1 aromatic heterocycles. The highest BCUT2D eigenvalue weighted by atomic mass is 35.5. The number of hydrogen-bond acceptors (Lipinski definition) is 2. The van der Waals surface area contributed by atoms with Crippen molar-refractivity contribution in [2.75, 3.05) is 0 Å². The third kappa shape index (κ3) is 1.52. The summed E-state index contributed by atoms with van der Waals surface area (Å²) in [6.07, 6.45) is 0. The van der Waals surface area contributed by atoms with Crippen LogP contribution < -0.4 is 0 Å². The van der Waals surface area contributed by atoms with Crippen molar-refractivity contribution in [1.29, 1.82) is 5.26 Å². The lowest BCUT2D eigenvalue weighted by molar-refractivity contribution is 1.47. The highest BCUT2D eigenvalue weighted by Crippen LogP contribution is 2.30. The fourth-order valence-corrected chi connectivity index (χ4v) is 2.22. The zero-order valence-electron chi connectivity index (χ0n) is 8.81. The van der Waals surface area contributed by atoms with Gasteiger partial charge in [0.25, 0.3) is 0 Å². The first-order valence-corrected chi connectivity index (χ1v) is 5.55. The standard InChI is InChI=1S/C14H7ClN2/c15-14-10-3-1-2-4-12(10)17-13-6-5-9(8-16)7-11(13)14/h1-7H. The molecule has 17 heavy (non-hydrogen) atoms. The normalized spacial score (nSPS) is 10.6. The number of para-hydroxylation sites is 1. The number of nitriles is 1. The second kappa shape index (κ2) is 3.73. The summed E-state index contributed by atoms with van der Waals surface area (Å²) in [6, 6.07) is 15.2. The molecule has 0 amide bonds. The molecule has 1 heterocycles. The van der Waals surface area contributed by atoms with E-state index < -0.39 is 0 Å². The number of aromatic nitrogens is 1. The van der Waals surface area contributed by atoms with Gasteiger partial charge < -0.3 is 0 Å². The van der Waals surface area contributed by atoms with Crippen LogP contribution in [0, 0.1) is 11.3 Å². The van der Waals surface area contributed by atoms with Gasteiger partial charge in [-0.2, -0.15) is 5.26 Å². The Morgan fingerprint density at radius 1 is 1.00 bits per heavy atom. The van der Waals surface area contributed by atoms with Crippen LogP contribution in [0.2, 0.25) is 5.02 Å². The maximum Gasteiger partial charge on any atom is 0.0991 e. The number of fused-ring (bicyclic) bond motifs is 2. The summed E-state index contributed by atoms with van der Waals surface area (Å²) in [4.78, 5) is 4.52. The fraction of sp³-hybridized carbons (Fsp3) is 0. The lowest BCUT2D eigenvalue weighted by Crippen LogP contribution is -1.85. The van der Waals surface area contributed by atoms with E-state index in [1.165, 1.54) is 0 Å². The summed E-state index contributed by atoms with van der Waals surface area (Å²) in [5, 5.41) is 11.3. The lowest BCUT2D eigenvalue weighted by Gasteiger charge is -2.05. The Labute approximate surface area is 103 Å². The van der Waals surface area contributed by atoms with Crippen molar-refractivity contribution in [3.8, 4) is 6.07 Å². The van der Waals surface area contributed by atoms with E-state index in [2.05, 4.69) is 11.1 Å². The van der Waals surface area contributed by atoms with Crippen molar-refractivity contribution in [3.63, 3.8) is 0 Å². The van der Waals surface area contributed by atoms with Crippen molar-refractivity contribution in [2.45, 2.75) is 0 Å². The Kier molecular flexibility index (Phi) is 2.21. The van der Waals surface area contributed by atoms with E-state index in [0.29, 0.717) is 10.6 Å². The lowest BCUT2D eigenvalue weighted by atomic mass is 10.1. The highest BCUT2D eigenvalue weighted by Gasteiger charge is 2.07. The maximum atomic E-state index is 8.89. The van der Waals surface area contributed by atoms with Crippen LogP contribution in [0.25, 0.3) is 21.8 Å². The second-order valence-corrected chi connectivity index (χ2v) is 4.16. The molecule has 3 aromatic rings. The van der Waals surface area contributed by atoms with E-state index >= 15 is 0 Å². The first-order chi connectivity index (χ1) is 8.29. The van der Waals surface area contributed by atoms with E-state index in [-0.39, 0.29) is 0 Å². The number of halogens is 1. The first kappa shape index (κ1) is 10.1. The molecule has 0 saturated carbocycles. The summed E-state index contributed by atoms with van der Waals surface area (Å²) >= 11 is 6.35. The largest absolute Gasteiger partial charge is 0.248 e. The second-order valence-electron chi connectivity index (χ2n) is 3.79. The monoisotopic (exact) mass is 238 g/mol. The maximum absolute atomic E-state index is 8.89. The molecular weight excluding hydrogens is 232 g/mol. The van der Waals surface area contributed by atoms with Gasteiger partial charge in [0.15, 0.2) is 0 Å². The van der Waals surface area contributed by atoms with Crippen LogP contribution in [0.3, 0.4) is 0 Å². The molecule has 0 N–H and O–H groups in total. The zero-order valence-corrected chi connectivity index (χ0v) is 9.57. The van der Waals surface area contributed by atoms with Crippen molar-refractivity contribution >= 4 is 33.4 Å². The molecule has 0 aliphatic carbocycles. The number of nitrogens with zero attached hydrogens (tertiary/aromatic N) is 2. The Balaban J connectivity index is 2.52. The number of pyridine rings is 1. The predicted molar refractivity (Wildman–Crippen MR) is 69.0 cm³/mol. The van der Waals surface area contributed by atoms with Gasteiger partial charge in [0.2, 0.25) is 0 Å². The van der Waals surface area contributed by atoms with Gasteiger partial charge in [-0.25, -0.2) is 4.98 Å². The summed E-state index contributed by atoms with van der Waals surface area (Å²) in [5.74, 6) is 0. The molecule has 2 nitrogen and oxygen atoms in total. The molecule has 0 fully saturated rings. The quantitative estimate of drug-likeness (QED) is 0.557. The summed E-state index contributed by atoms with van der Waals surface area (Å²) < 4.78 is 0. The molecule has 3 heteroatoms. The molecule has 0 radical (unpaired) electrons. The minimum Gasteiger partial charge on any atom is -0.248 e. The number of rotatable bonds is 0. The molecule has 3 rings (SSSR count). The highest BCUT2D eigenvalue weighted by molar-refractivity contribution is 6.40. The van der Waals surface area contributed by atoms with Crippen LogP contribution in [0.15, 0.2) is 42.5 Å². The Morgan fingerprint density at radius 3 is 2.59 bits per heavy atom. The third-order valence-corrected chi connectivity index (χ3v) is 3.15. The Bertz CT molecular complexity index is 772. The summed E-state index contributed by atoms with van der Waals surface area (Å²) in [6.45, 7) is 0. The molecule has 0 unspecified atom stereocenters. The van der Waals surface area contributed by atoms with E-state index in [4.69, 9.17) is 16.9 Å². The summed E-state index contributed by atoms with van der Waals surface area (Å²) in [5.41, 5.74) is 2.28. The van der Waals surface area contributed by atoms with Crippen molar-refractivity contribution in [3.05, 3.63) is 53.1 Å². The molecule has 2 aromatic carbocycles. The van der Waals surface area contributed by atoms with Crippen LogP contribution in [0.5, 0.6) is 0 Å². The molecule has 0 bridgehead atoms. The molecule has 0 aliphatic rings. The van der Waals surface area contributed by atoms with Crippen LogP contribution in [-0.4, -0.2) is 4.98 Å². The molecule has 0 saturated heterocycles. The van der Waals surface area contributed by atoms with Gasteiger partial charge in [0.05, 0.1) is 27.7 Å². The van der Waals surface area contributed by atoms with Crippen LogP contribution >= 0.6 is 11.6 Å². The van der Waals surface area contributed by atoms with Gasteiger partial charge in [-0.05, 0) is 24.3 Å². The Hall–Kier alpha value is -2.11. The van der Waals surface area contributed by atoms with Crippen LogP contribution in [-0.2, 0) is 0 Å². The van der Waals surface area contributed by atoms with Gasteiger partial charge in [-0.3, -0.25) is 0 Å². The van der Waals surface area contributed by atoms with Crippen molar-refractivity contribution in [1.82, 2.24) is 4.98 Å².